The van der Waals surface area contributed by atoms with Crippen molar-refractivity contribution >= 4 is 23.1 Å². The van der Waals surface area contributed by atoms with E-state index in [0.29, 0.717) is 46.4 Å². The lowest BCUT2D eigenvalue weighted by molar-refractivity contribution is -0.132. The quantitative estimate of drug-likeness (QED) is 0.278. The normalized spacial score (nSPS) is 16.7. The monoisotopic (exact) mass is 489 g/mol. The standard InChI is InChI=1S/C28H27NO7/c1-5-36-21-11-7-9-19(16-21)29-25(17-12-13-22(34-3)23(15-17)35-4)24(27(31)28(29)32)26(30)18-8-6-10-20(14-18)33-2/h6-16,25,30H,5H2,1-4H3/b26-24-. The number of benzene rings is 3. The molecule has 0 saturated carbocycles. The second kappa shape index (κ2) is 10.4. The number of aliphatic hydroxyl groups is 1. The molecule has 1 atom stereocenters. The molecule has 0 aromatic heterocycles. The van der Waals surface area contributed by atoms with Crippen molar-refractivity contribution in [1.82, 2.24) is 0 Å². The molecule has 8 nitrogen and oxygen atoms in total. The van der Waals surface area contributed by atoms with E-state index in [1.54, 1.807) is 66.7 Å². The summed E-state index contributed by atoms with van der Waals surface area (Å²) < 4.78 is 21.7. The number of ether oxygens (including phenoxy) is 4. The van der Waals surface area contributed by atoms with Gasteiger partial charge in [-0.15, -0.1) is 0 Å². The summed E-state index contributed by atoms with van der Waals surface area (Å²) in [5.41, 5.74) is 1.30. The third-order valence-electron chi connectivity index (χ3n) is 5.92. The van der Waals surface area contributed by atoms with Gasteiger partial charge >= 0.3 is 0 Å². The fourth-order valence-electron chi connectivity index (χ4n) is 4.25. The van der Waals surface area contributed by atoms with Crippen LogP contribution in [0, 0.1) is 0 Å². The first kappa shape index (κ1) is 24.7. The average molecular weight is 490 g/mol. The number of nitrogens with zero attached hydrogens (tertiary/aromatic N) is 1. The molecule has 0 radical (unpaired) electrons. The molecule has 1 N–H and O–H groups in total. The highest BCUT2D eigenvalue weighted by Gasteiger charge is 2.47. The summed E-state index contributed by atoms with van der Waals surface area (Å²) in [5, 5.41) is 11.3. The first-order valence-corrected chi connectivity index (χ1v) is 11.3. The molecule has 1 heterocycles. The maximum Gasteiger partial charge on any atom is 0.300 e. The van der Waals surface area contributed by atoms with Crippen LogP contribution < -0.4 is 23.8 Å². The Morgan fingerprint density at radius 2 is 1.58 bits per heavy atom. The fourth-order valence-corrected chi connectivity index (χ4v) is 4.25. The number of hydrogen-bond acceptors (Lipinski definition) is 7. The van der Waals surface area contributed by atoms with Gasteiger partial charge in [0.05, 0.1) is 39.6 Å². The van der Waals surface area contributed by atoms with E-state index >= 15 is 0 Å². The Kier molecular flexibility index (Phi) is 7.15. The van der Waals surface area contributed by atoms with Crippen molar-refractivity contribution in [3.8, 4) is 23.0 Å². The Morgan fingerprint density at radius 1 is 0.861 bits per heavy atom. The zero-order valence-corrected chi connectivity index (χ0v) is 20.5. The number of hydrogen-bond donors (Lipinski definition) is 1. The van der Waals surface area contributed by atoms with E-state index in [4.69, 9.17) is 18.9 Å². The number of anilines is 1. The van der Waals surface area contributed by atoms with Crippen molar-refractivity contribution in [3.63, 3.8) is 0 Å². The van der Waals surface area contributed by atoms with Crippen LogP contribution in [0.25, 0.3) is 5.76 Å². The molecule has 1 fully saturated rings. The average Bonchev–Trinajstić information content (AvgIpc) is 3.18. The minimum Gasteiger partial charge on any atom is -0.507 e. The second-order valence-electron chi connectivity index (χ2n) is 7.95. The lowest BCUT2D eigenvalue weighted by Gasteiger charge is -2.26. The van der Waals surface area contributed by atoms with Crippen molar-refractivity contribution in [1.29, 1.82) is 0 Å². The third kappa shape index (κ3) is 4.45. The maximum atomic E-state index is 13.4. The first-order chi connectivity index (χ1) is 17.4. The van der Waals surface area contributed by atoms with Gasteiger partial charge in [0.2, 0.25) is 0 Å². The number of Topliss-reactive ketones (excluding diaryl/α,β-unsaturated/α-hetero) is 1. The fraction of sp³-hybridized carbons (Fsp3) is 0.214. The lowest BCUT2D eigenvalue weighted by atomic mass is 9.94. The van der Waals surface area contributed by atoms with Crippen LogP contribution in [0.3, 0.4) is 0 Å². The zero-order chi connectivity index (χ0) is 25.8. The van der Waals surface area contributed by atoms with Gasteiger partial charge in [-0.05, 0) is 48.9 Å². The van der Waals surface area contributed by atoms with Gasteiger partial charge in [-0.3, -0.25) is 14.5 Å². The summed E-state index contributed by atoms with van der Waals surface area (Å²) in [6, 6.07) is 17.8. The van der Waals surface area contributed by atoms with Gasteiger partial charge in [-0.1, -0.05) is 24.3 Å². The smallest absolute Gasteiger partial charge is 0.300 e. The molecule has 3 aromatic rings. The van der Waals surface area contributed by atoms with Gasteiger partial charge < -0.3 is 24.1 Å². The van der Waals surface area contributed by atoms with E-state index in [2.05, 4.69) is 0 Å². The molecule has 0 aliphatic carbocycles. The van der Waals surface area contributed by atoms with E-state index in [1.807, 2.05) is 6.92 Å². The largest absolute Gasteiger partial charge is 0.507 e. The van der Waals surface area contributed by atoms with E-state index in [0.717, 1.165) is 0 Å². The number of aliphatic hydroxyl groups excluding tert-OH is 1. The summed E-state index contributed by atoms with van der Waals surface area (Å²) in [6.07, 6.45) is 0. The number of carbonyl (C=O) groups excluding carboxylic acids is 2. The summed E-state index contributed by atoms with van der Waals surface area (Å²) in [6.45, 7) is 2.30. The maximum absolute atomic E-state index is 13.4. The SMILES string of the molecule is CCOc1cccc(N2C(=O)C(=O)/C(=C(\O)c3cccc(OC)c3)C2c2ccc(OC)c(OC)c2)c1. The van der Waals surface area contributed by atoms with Crippen molar-refractivity contribution < 1.29 is 33.6 Å². The molecule has 8 heteroatoms. The highest BCUT2D eigenvalue weighted by molar-refractivity contribution is 6.51. The summed E-state index contributed by atoms with van der Waals surface area (Å²) in [5.74, 6) is 0.0748. The van der Waals surface area contributed by atoms with Crippen LogP contribution in [0.15, 0.2) is 72.3 Å². The van der Waals surface area contributed by atoms with Crippen molar-refractivity contribution in [3.05, 3.63) is 83.4 Å². The van der Waals surface area contributed by atoms with Gasteiger partial charge in [-0.2, -0.15) is 0 Å². The van der Waals surface area contributed by atoms with Crippen LogP contribution >= 0.6 is 0 Å². The van der Waals surface area contributed by atoms with Crippen molar-refractivity contribution in [2.45, 2.75) is 13.0 Å². The molecule has 1 amide bonds. The Hall–Kier alpha value is -4.46. The Bertz CT molecular complexity index is 1330. The minimum atomic E-state index is -0.937. The molecule has 4 rings (SSSR count). The number of methoxy groups -OCH3 is 3. The molecule has 1 aliphatic heterocycles. The zero-order valence-electron chi connectivity index (χ0n) is 20.5. The predicted molar refractivity (Wildman–Crippen MR) is 135 cm³/mol. The Balaban J connectivity index is 1.96. The van der Waals surface area contributed by atoms with Gasteiger partial charge in [0.1, 0.15) is 17.3 Å². The van der Waals surface area contributed by atoms with Crippen molar-refractivity contribution in [2.24, 2.45) is 0 Å². The van der Waals surface area contributed by atoms with Gasteiger partial charge in [-0.25, -0.2) is 0 Å². The van der Waals surface area contributed by atoms with Crippen LogP contribution in [0.4, 0.5) is 5.69 Å². The number of rotatable bonds is 8. The molecule has 36 heavy (non-hydrogen) atoms. The van der Waals surface area contributed by atoms with E-state index in [-0.39, 0.29) is 11.3 Å². The minimum absolute atomic E-state index is 0.0534. The summed E-state index contributed by atoms with van der Waals surface area (Å²) >= 11 is 0. The molecule has 0 spiro atoms. The van der Waals surface area contributed by atoms with Crippen LogP contribution in [0.5, 0.6) is 23.0 Å². The number of carbonyl (C=O) groups is 2. The molecule has 186 valence electrons. The molecule has 1 unspecified atom stereocenters. The molecule has 3 aromatic carbocycles. The van der Waals surface area contributed by atoms with Crippen LogP contribution in [-0.2, 0) is 9.59 Å². The third-order valence-corrected chi connectivity index (χ3v) is 5.92. The lowest BCUT2D eigenvalue weighted by Crippen LogP contribution is -2.29. The molecule has 0 bridgehead atoms. The molecule has 1 saturated heterocycles. The van der Waals surface area contributed by atoms with Gasteiger partial charge in [0, 0.05) is 17.3 Å². The molecule has 1 aliphatic rings. The van der Waals surface area contributed by atoms with Gasteiger partial charge in [0.15, 0.2) is 11.5 Å². The van der Waals surface area contributed by atoms with Crippen molar-refractivity contribution in [2.75, 3.05) is 32.8 Å². The number of amides is 1. The summed E-state index contributed by atoms with van der Waals surface area (Å²) in [4.78, 5) is 28.2. The predicted octanol–water partition coefficient (Wildman–Crippen LogP) is 4.74. The highest BCUT2D eigenvalue weighted by Crippen LogP contribution is 2.44. The topological polar surface area (TPSA) is 94.5 Å². The molecular formula is C28H27NO7. The second-order valence-corrected chi connectivity index (χ2v) is 7.95. The van der Waals surface area contributed by atoms with E-state index < -0.39 is 17.7 Å². The Labute approximate surface area is 209 Å². The van der Waals surface area contributed by atoms with Crippen LogP contribution in [0.1, 0.15) is 24.1 Å². The Morgan fingerprint density at radius 3 is 2.28 bits per heavy atom. The van der Waals surface area contributed by atoms with E-state index in [1.165, 1.54) is 26.2 Å². The van der Waals surface area contributed by atoms with Gasteiger partial charge in [0.25, 0.3) is 11.7 Å². The van der Waals surface area contributed by atoms with E-state index in [9.17, 15) is 14.7 Å². The first-order valence-electron chi connectivity index (χ1n) is 11.3. The summed E-state index contributed by atoms with van der Waals surface area (Å²) in [7, 11) is 4.53. The number of ketones is 1. The van der Waals surface area contributed by atoms with Crippen LogP contribution in [0.2, 0.25) is 0 Å². The van der Waals surface area contributed by atoms with Crippen LogP contribution in [-0.4, -0.2) is 44.7 Å². The highest BCUT2D eigenvalue weighted by atomic mass is 16.5. The molecular weight excluding hydrogens is 462 g/mol.